The van der Waals surface area contributed by atoms with Crippen LogP contribution in [0.2, 0.25) is 30.1 Å². The lowest BCUT2D eigenvalue weighted by molar-refractivity contribution is 0.155. The molecule has 0 radical (unpaired) electrons. The Morgan fingerprint density at radius 3 is 1.62 bits per heavy atom. The summed E-state index contributed by atoms with van der Waals surface area (Å²) >= 11 is 36.5. The second-order valence-electron chi connectivity index (χ2n) is 13.8. The number of halogens is 6. The summed E-state index contributed by atoms with van der Waals surface area (Å²) in [5.74, 6) is 2.54. The number of nitrogens with zero attached hydrogens (tertiary/aromatic N) is 7. The molecule has 11 nitrogen and oxygen atoms in total. The summed E-state index contributed by atoms with van der Waals surface area (Å²) in [5.41, 5.74) is 6.52. The second kappa shape index (κ2) is 18.7. The van der Waals surface area contributed by atoms with Gasteiger partial charge in [0.15, 0.2) is 0 Å². The van der Waals surface area contributed by atoms with E-state index in [1.54, 1.807) is 77.5 Å². The summed E-state index contributed by atoms with van der Waals surface area (Å²) in [6, 6.07) is 30.7. The molecule has 0 aliphatic carbocycles. The van der Waals surface area contributed by atoms with Crippen LogP contribution in [0.5, 0.6) is 0 Å². The Bertz CT molecular complexity index is 3000. The maximum atomic E-state index is 10.9. The van der Waals surface area contributed by atoms with Crippen LogP contribution in [-0.4, -0.2) is 43.5 Å². The molecule has 4 N–H and O–H groups in total. The third-order valence-corrected chi connectivity index (χ3v) is 11.7. The molecule has 2 atom stereocenters. The summed E-state index contributed by atoms with van der Waals surface area (Å²) in [5, 5.41) is 50.0. The quantitative estimate of drug-likeness (QED) is 0.0961. The molecule has 0 saturated carbocycles. The van der Waals surface area contributed by atoms with Crippen LogP contribution in [0, 0.1) is 23.2 Å². The molecule has 60 heavy (non-hydrogen) atoms. The predicted octanol–water partition coefficient (Wildman–Crippen LogP) is 9.55. The van der Waals surface area contributed by atoms with Gasteiger partial charge in [-0.25, -0.2) is 4.68 Å². The molecule has 0 saturated heterocycles. The van der Waals surface area contributed by atoms with E-state index in [1.807, 2.05) is 54.7 Å². The van der Waals surface area contributed by atoms with Crippen LogP contribution in [0.15, 0.2) is 109 Å². The van der Waals surface area contributed by atoms with Gasteiger partial charge in [-0.15, -0.1) is 11.5 Å². The number of aliphatic hydroxyl groups is 2. The van der Waals surface area contributed by atoms with Crippen molar-refractivity contribution in [3.8, 4) is 12.3 Å². The Kier molecular flexibility index (Phi) is 13.5. The van der Waals surface area contributed by atoms with Gasteiger partial charge in [0.1, 0.15) is 5.69 Å². The molecular weight excluding hydrogens is 887 g/mol. The molecule has 3 heterocycles. The van der Waals surface area contributed by atoms with E-state index in [0.717, 1.165) is 27.6 Å². The van der Waals surface area contributed by atoms with Gasteiger partial charge >= 0.3 is 0 Å². The maximum Gasteiger partial charge on any atom is 0.203 e. The Labute approximate surface area is 374 Å². The minimum atomic E-state index is -0.889. The predicted molar refractivity (Wildman–Crippen MR) is 238 cm³/mol. The highest BCUT2D eigenvalue weighted by Gasteiger charge is 2.19. The van der Waals surface area contributed by atoms with Crippen LogP contribution in [0.4, 0.5) is 0 Å². The smallest absolute Gasteiger partial charge is 0.203 e. The number of aromatic nitrogens is 7. The minimum Gasteiger partial charge on any atom is -0.387 e. The first-order valence-electron chi connectivity index (χ1n) is 18.3. The van der Waals surface area contributed by atoms with Crippen LogP contribution in [0.1, 0.15) is 34.6 Å². The number of aliphatic hydroxyl groups excluding tert-OH is 2. The fourth-order valence-electron chi connectivity index (χ4n) is 6.83. The molecular formula is C43H35Cl6N9O2. The topological polar surface area (TPSA) is 139 Å². The highest BCUT2D eigenvalue weighted by Crippen LogP contribution is 2.29. The molecule has 2 unspecified atom stereocenters. The second-order valence-corrected chi connectivity index (χ2v) is 16.3. The third kappa shape index (κ3) is 9.47. The minimum absolute atomic E-state index is 0.155. The van der Waals surface area contributed by atoms with E-state index < -0.39 is 12.2 Å². The Morgan fingerprint density at radius 1 is 0.583 bits per heavy atom. The Balaban J connectivity index is 0.000000192. The van der Waals surface area contributed by atoms with Crippen LogP contribution < -0.4 is 11.2 Å². The van der Waals surface area contributed by atoms with Crippen molar-refractivity contribution in [1.82, 2.24) is 33.3 Å². The molecule has 8 rings (SSSR count). The van der Waals surface area contributed by atoms with E-state index in [4.69, 9.17) is 86.8 Å². The number of fused-ring (bicyclic) bond motifs is 2. The standard InChI is InChI=1S/C25H21Cl3N6O.C18H14Cl3N3O/c26-18-7-9-22-23(11-18)33(14-19-13-32(31-30-19)12-16-4-2-1-3-5-16)25(29)34(22)15-24(35)17-6-8-20(27)21(28)10-17;1-2-7-23-16-9-12(19)4-6-15(16)24(18(23)22)10-17(25)11-3-5-13(20)14(21)8-11/h1-11,13,24,29,35H,12,14-15H2;1,3-6,8-9,17,22,25H,7,10H2. The third-order valence-electron chi connectivity index (χ3n) is 9.77. The summed E-state index contributed by atoms with van der Waals surface area (Å²) in [6.45, 7) is 1.51. The number of benzene rings is 5. The zero-order valence-electron chi connectivity index (χ0n) is 31.5. The van der Waals surface area contributed by atoms with Gasteiger partial charge in [0, 0.05) is 10.0 Å². The van der Waals surface area contributed by atoms with E-state index >= 15 is 0 Å². The fourth-order valence-corrected chi connectivity index (χ4v) is 7.77. The van der Waals surface area contributed by atoms with Gasteiger partial charge in [-0.05, 0) is 77.4 Å². The molecule has 5 aromatic carbocycles. The van der Waals surface area contributed by atoms with E-state index in [1.165, 1.54) is 0 Å². The van der Waals surface area contributed by atoms with Crippen molar-refractivity contribution in [1.29, 1.82) is 10.8 Å². The molecule has 17 heteroatoms. The van der Waals surface area contributed by atoms with E-state index in [9.17, 15) is 10.2 Å². The molecule has 0 amide bonds. The van der Waals surface area contributed by atoms with Gasteiger partial charge in [-0.3, -0.25) is 15.4 Å². The monoisotopic (exact) mass is 919 g/mol. The van der Waals surface area contributed by atoms with Gasteiger partial charge in [0.25, 0.3) is 0 Å². The van der Waals surface area contributed by atoms with Gasteiger partial charge in [0.2, 0.25) is 11.2 Å². The maximum absolute atomic E-state index is 10.9. The van der Waals surface area contributed by atoms with Crippen molar-refractivity contribution >= 4 is 91.7 Å². The zero-order valence-corrected chi connectivity index (χ0v) is 36.0. The first-order valence-corrected chi connectivity index (χ1v) is 20.6. The largest absolute Gasteiger partial charge is 0.387 e. The molecule has 306 valence electrons. The van der Waals surface area contributed by atoms with Crippen molar-refractivity contribution in [3.05, 3.63) is 173 Å². The lowest BCUT2D eigenvalue weighted by Crippen LogP contribution is -2.27. The van der Waals surface area contributed by atoms with Crippen molar-refractivity contribution in [3.63, 3.8) is 0 Å². The summed E-state index contributed by atoms with van der Waals surface area (Å²) in [6.07, 6.45) is 5.55. The average Bonchev–Trinajstić information content (AvgIpc) is 3.86. The number of terminal acetylenes is 1. The van der Waals surface area contributed by atoms with Crippen molar-refractivity contribution < 1.29 is 10.2 Å². The van der Waals surface area contributed by atoms with E-state index in [-0.39, 0.29) is 30.9 Å². The number of hydrogen-bond acceptors (Lipinski definition) is 6. The SMILES string of the molecule is C#CCn1c(=N)n(CC(O)c2ccc(Cl)c(Cl)c2)c2ccc(Cl)cc21.N=c1n(Cc2cn(Cc3ccccc3)nn2)c2cc(Cl)ccc2n1CC(O)c1ccc(Cl)c(Cl)c1. The van der Waals surface area contributed by atoms with Gasteiger partial charge in [0.05, 0.1) is 93.3 Å². The van der Waals surface area contributed by atoms with Crippen LogP contribution in [-0.2, 0) is 32.7 Å². The molecule has 0 spiro atoms. The van der Waals surface area contributed by atoms with Crippen molar-refractivity contribution in [2.75, 3.05) is 0 Å². The fraction of sp³-hybridized carbons (Fsp3) is 0.163. The van der Waals surface area contributed by atoms with Gasteiger partial charge in [-0.1, -0.05) is 123 Å². The van der Waals surface area contributed by atoms with Crippen molar-refractivity contribution in [2.24, 2.45) is 0 Å². The molecule has 0 fully saturated rings. The van der Waals surface area contributed by atoms with Crippen LogP contribution in [0.25, 0.3) is 22.1 Å². The number of nitrogens with one attached hydrogen (secondary N) is 2. The first-order chi connectivity index (χ1) is 28.8. The van der Waals surface area contributed by atoms with E-state index in [0.29, 0.717) is 60.0 Å². The Hall–Kier alpha value is -5.00. The number of imidazole rings is 2. The molecule has 0 aliphatic rings. The molecule has 0 aliphatic heterocycles. The highest BCUT2D eigenvalue weighted by molar-refractivity contribution is 6.42. The number of rotatable bonds is 11. The van der Waals surface area contributed by atoms with Crippen LogP contribution >= 0.6 is 69.6 Å². The molecule has 3 aromatic heterocycles. The average molecular weight is 923 g/mol. The molecule has 8 aromatic rings. The van der Waals surface area contributed by atoms with Gasteiger partial charge < -0.3 is 23.9 Å². The zero-order chi connectivity index (χ0) is 42.7. The van der Waals surface area contributed by atoms with Gasteiger partial charge in [-0.2, -0.15) is 0 Å². The number of hydrogen-bond donors (Lipinski definition) is 4. The first kappa shape index (κ1) is 43.1. The van der Waals surface area contributed by atoms with E-state index in [2.05, 4.69) is 16.2 Å². The summed E-state index contributed by atoms with van der Waals surface area (Å²) < 4.78 is 8.68. The normalized spacial score (nSPS) is 12.3. The van der Waals surface area contributed by atoms with Crippen LogP contribution in [0.3, 0.4) is 0 Å². The Morgan fingerprint density at radius 2 is 1.10 bits per heavy atom. The van der Waals surface area contributed by atoms with Crippen molar-refractivity contribution in [2.45, 2.75) is 44.9 Å². The highest BCUT2D eigenvalue weighted by atomic mass is 35.5. The lowest BCUT2D eigenvalue weighted by atomic mass is 10.1. The summed E-state index contributed by atoms with van der Waals surface area (Å²) in [4.78, 5) is 0. The lowest BCUT2D eigenvalue weighted by Gasteiger charge is -2.13. The summed E-state index contributed by atoms with van der Waals surface area (Å²) in [7, 11) is 0. The molecule has 0 bridgehead atoms.